The summed E-state index contributed by atoms with van der Waals surface area (Å²) in [5, 5.41) is 11.7. The first kappa shape index (κ1) is 17.8. The van der Waals surface area contributed by atoms with Crippen LogP contribution in [0.5, 0.6) is 0 Å². The Labute approximate surface area is 163 Å². The molecule has 0 saturated heterocycles. The lowest BCUT2D eigenvalue weighted by Gasteiger charge is -2.02. The number of aromatic amines is 1. The second-order valence-electron chi connectivity index (χ2n) is 5.94. The lowest BCUT2D eigenvalue weighted by atomic mass is 10.1. The summed E-state index contributed by atoms with van der Waals surface area (Å²) in [4.78, 5) is 22.7. The van der Waals surface area contributed by atoms with Crippen molar-refractivity contribution in [2.75, 3.05) is 0 Å². The highest BCUT2D eigenvalue weighted by molar-refractivity contribution is 6.33. The van der Waals surface area contributed by atoms with Gasteiger partial charge in [0.2, 0.25) is 0 Å². The van der Waals surface area contributed by atoms with Crippen LogP contribution in [0.3, 0.4) is 0 Å². The first-order valence-corrected chi connectivity index (χ1v) is 8.62. The monoisotopic (exact) mass is 394 g/mol. The Morgan fingerprint density at radius 2 is 1.71 bits per heavy atom. The standard InChI is InChI=1S/C20H12ClFN4O2/c21-15-2-1-3-16(26(27)28)17(15)20-24-18(12-4-6-14(22)7-5-12)19(25-20)13-8-10-23-11-9-13/h1-11H,(H,24,25). The molecule has 0 atom stereocenters. The molecule has 0 fully saturated rings. The Kier molecular flexibility index (Phi) is 4.58. The lowest BCUT2D eigenvalue weighted by Crippen LogP contribution is -1.94. The SMILES string of the molecule is O=[N+]([O-])c1cccc(Cl)c1-c1nc(-c2ccc(F)cc2)c(-c2ccncc2)[nH]1. The maximum Gasteiger partial charge on any atom is 0.281 e. The molecule has 0 aliphatic heterocycles. The Morgan fingerprint density at radius 1 is 1.00 bits per heavy atom. The van der Waals surface area contributed by atoms with E-state index >= 15 is 0 Å². The van der Waals surface area contributed by atoms with Crippen LogP contribution in [0.25, 0.3) is 33.9 Å². The van der Waals surface area contributed by atoms with Crippen LogP contribution in [-0.4, -0.2) is 19.9 Å². The number of H-pyrrole nitrogens is 1. The minimum absolute atomic E-state index is 0.159. The molecule has 0 aliphatic rings. The Morgan fingerprint density at radius 3 is 2.39 bits per heavy atom. The van der Waals surface area contributed by atoms with Gasteiger partial charge in [-0.05, 0) is 42.5 Å². The molecule has 2 heterocycles. The third-order valence-corrected chi connectivity index (χ3v) is 4.53. The second-order valence-corrected chi connectivity index (χ2v) is 6.35. The molecular weight excluding hydrogens is 383 g/mol. The molecule has 0 bridgehead atoms. The van der Waals surface area contributed by atoms with Crippen LogP contribution in [0, 0.1) is 15.9 Å². The van der Waals surface area contributed by atoms with E-state index in [0.29, 0.717) is 17.0 Å². The van der Waals surface area contributed by atoms with Crippen LogP contribution in [0.1, 0.15) is 0 Å². The largest absolute Gasteiger partial charge is 0.337 e. The van der Waals surface area contributed by atoms with Gasteiger partial charge in [-0.3, -0.25) is 15.1 Å². The first-order valence-electron chi connectivity index (χ1n) is 8.24. The maximum absolute atomic E-state index is 13.4. The van der Waals surface area contributed by atoms with E-state index in [4.69, 9.17) is 11.6 Å². The van der Waals surface area contributed by atoms with Crippen LogP contribution in [-0.2, 0) is 0 Å². The zero-order valence-electron chi connectivity index (χ0n) is 14.3. The summed E-state index contributed by atoms with van der Waals surface area (Å²) in [6, 6.07) is 13.9. The molecule has 1 N–H and O–H groups in total. The van der Waals surface area contributed by atoms with Gasteiger partial charge >= 0.3 is 0 Å². The number of aromatic nitrogens is 3. The van der Waals surface area contributed by atoms with Gasteiger partial charge < -0.3 is 4.98 Å². The van der Waals surface area contributed by atoms with Gasteiger partial charge in [0, 0.05) is 29.6 Å². The van der Waals surface area contributed by atoms with Gasteiger partial charge in [0.15, 0.2) is 0 Å². The van der Waals surface area contributed by atoms with E-state index in [0.717, 1.165) is 5.56 Å². The van der Waals surface area contributed by atoms with Crippen molar-refractivity contribution in [2.24, 2.45) is 0 Å². The number of nitrogens with zero attached hydrogens (tertiary/aromatic N) is 3. The molecule has 0 aliphatic carbocycles. The number of nitro groups is 1. The second kappa shape index (κ2) is 7.21. The number of hydrogen-bond acceptors (Lipinski definition) is 4. The minimum Gasteiger partial charge on any atom is -0.337 e. The molecule has 4 aromatic rings. The summed E-state index contributed by atoms with van der Waals surface area (Å²) in [5.41, 5.74) is 2.62. The summed E-state index contributed by atoms with van der Waals surface area (Å²) in [5.74, 6) is -0.116. The number of benzene rings is 2. The van der Waals surface area contributed by atoms with E-state index in [1.54, 1.807) is 42.7 Å². The zero-order chi connectivity index (χ0) is 19.7. The van der Waals surface area contributed by atoms with Gasteiger partial charge in [-0.15, -0.1) is 0 Å². The number of rotatable bonds is 4. The average molecular weight is 395 g/mol. The number of pyridine rings is 1. The Bertz CT molecular complexity index is 1160. The van der Waals surface area contributed by atoms with Crippen molar-refractivity contribution in [2.45, 2.75) is 0 Å². The lowest BCUT2D eigenvalue weighted by molar-refractivity contribution is -0.384. The summed E-state index contributed by atoms with van der Waals surface area (Å²) in [6.45, 7) is 0. The van der Waals surface area contributed by atoms with E-state index in [2.05, 4.69) is 15.0 Å². The topological polar surface area (TPSA) is 84.7 Å². The number of nitrogens with one attached hydrogen (secondary N) is 1. The maximum atomic E-state index is 13.4. The molecule has 28 heavy (non-hydrogen) atoms. The molecule has 0 radical (unpaired) electrons. The van der Waals surface area contributed by atoms with Crippen molar-refractivity contribution >= 4 is 17.3 Å². The predicted molar refractivity (Wildman–Crippen MR) is 104 cm³/mol. The highest BCUT2D eigenvalue weighted by atomic mass is 35.5. The summed E-state index contributed by atoms with van der Waals surface area (Å²) in [7, 11) is 0. The molecule has 2 aromatic heterocycles. The molecule has 6 nitrogen and oxygen atoms in total. The molecule has 8 heteroatoms. The zero-order valence-corrected chi connectivity index (χ0v) is 15.0. The molecular formula is C20H12ClFN4O2. The first-order chi connectivity index (χ1) is 13.5. The Balaban J connectivity index is 1.97. The van der Waals surface area contributed by atoms with Crippen LogP contribution in [0.2, 0.25) is 5.02 Å². The fourth-order valence-electron chi connectivity index (χ4n) is 2.94. The van der Waals surface area contributed by atoms with E-state index < -0.39 is 4.92 Å². The Hall–Kier alpha value is -3.58. The third-order valence-electron chi connectivity index (χ3n) is 4.22. The van der Waals surface area contributed by atoms with Gasteiger partial charge in [0.25, 0.3) is 5.69 Å². The van der Waals surface area contributed by atoms with Crippen LogP contribution >= 0.6 is 11.6 Å². The van der Waals surface area contributed by atoms with Gasteiger partial charge in [-0.1, -0.05) is 17.7 Å². The van der Waals surface area contributed by atoms with Crippen molar-refractivity contribution in [3.8, 4) is 33.9 Å². The van der Waals surface area contributed by atoms with Crippen molar-refractivity contribution in [3.05, 3.63) is 87.9 Å². The van der Waals surface area contributed by atoms with Crippen LogP contribution in [0.15, 0.2) is 67.0 Å². The molecule has 0 unspecified atom stereocenters. The summed E-state index contributed by atoms with van der Waals surface area (Å²) < 4.78 is 13.4. The van der Waals surface area contributed by atoms with Crippen molar-refractivity contribution in [3.63, 3.8) is 0 Å². The van der Waals surface area contributed by atoms with Gasteiger partial charge in [-0.2, -0.15) is 0 Å². The van der Waals surface area contributed by atoms with E-state index in [-0.39, 0.29) is 27.9 Å². The highest BCUT2D eigenvalue weighted by Crippen LogP contribution is 2.39. The fourth-order valence-corrected chi connectivity index (χ4v) is 3.19. The van der Waals surface area contributed by atoms with Crippen LogP contribution in [0.4, 0.5) is 10.1 Å². The number of halogens is 2. The minimum atomic E-state index is -0.507. The summed E-state index contributed by atoms with van der Waals surface area (Å²) >= 11 is 6.26. The number of imidazole rings is 1. The molecule has 138 valence electrons. The molecule has 0 spiro atoms. The smallest absolute Gasteiger partial charge is 0.281 e. The number of nitro benzene ring substituents is 1. The molecule has 0 saturated carbocycles. The van der Waals surface area contributed by atoms with E-state index in [1.807, 2.05) is 0 Å². The van der Waals surface area contributed by atoms with Gasteiger partial charge in [0.05, 0.1) is 21.3 Å². The fraction of sp³-hybridized carbons (Fsp3) is 0. The highest BCUT2D eigenvalue weighted by Gasteiger charge is 2.24. The molecule has 4 rings (SSSR count). The predicted octanol–water partition coefficient (Wildman–Crippen LogP) is 5.51. The molecule has 2 aromatic carbocycles. The quantitative estimate of drug-likeness (QED) is 0.365. The van der Waals surface area contributed by atoms with Crippen molar-refractivity contribution < 1.29 is 9.31 Å². The normalized spacial score (nSPS) is 10.8. The average Bonchev–Trinajstić information content (AvgIpc) is 3.14. The van der Waals surface area contributed by atoms with Crippen molar-refractivity contribution in [1.29, 1.82) is 0 Å². The summed E-state index contributed by atoms with van der Waals surface area (Å²) in [6.07, 6.45) is 3.25. The van der Waals surface area contributed by atoms with Gasteiger partial charge in [0.1, 0.15) is 17.2 Å². The van der Waals surface area contributed by atoms with Crippen LogP contribution < -0.4 is 0 Å². The molecule has 0 amide bonds. The van der Waals surface area contributed by atoms with Crippen molar-refractivity contribution in [1.82, 2.24) is 15.0 Å². The third kappa shape index (κ3) is 3.23. The van der Waals surface area contributed by atoms with E-state index in [9.17, 15) is 14.5 Å². The van der Waals surface area contributed by atoms with Gasteiger partial charge in [-0.25, -0.2) is 9.37 Å². The van der Waals surface area contributed by atoms with E-state index in [1.165, 1.54) is 24.3 Å². The number of hydrogen-bond donors (Lipinski definition) is 1.